The number of esters is 1. The zero-order valence-electron chi connectivity index (χ0n) is 12.7. The molecule has 0 fully saturated rings. The van der Waals surface area contributed by atoms with Crippen LogP contribution in [0, 0.1) is 0 Å². The van der Waals surface area contributed by atoms with Crippen molar-refractivity contribution in [3.8, 4) is 16.3 Å². The molecule has 0 spiro atoms. The highest BCUT2D eigenvalue weighted by molar-refractivity contribution is 7.16. The van der Waals surface area contributed by atoms with Crippen molar-refractivity contribution >= 4 is 17.3 Å². The third-order valence-electron chi connectivity index (χ3n) is 3.17. The van der Waals surface area contributed by atoms with Crippen LogP contribution in [-0.2, 0) is 18.4 Å². The number of aryl methyl sites for hydroxylation is 1. The van der Waals surface area contributed by atoms with Crippen molar-refractivity contribution in [1.82, 2.24) is 14.8 Å². The average molecular weight is 329 g/mol. The first-order valence-corrected chi connectivity index (χ1v) is 7.72. The maximum atomic E-state index is 12.1. The Morgan fingerprint density at radius 2 is 2.04 bits per heavy atom. The van der Waals surface area contributed by atoms with E-state index in [2.05, 4.69) is 10.1 Å². The molecule has 0 bridgehead atoms. The standard InChI is InChI=1S/C16H15N3O3S/c1-19-9-11(7-18-19)10-22-16(20)14-8-17-15(23-14)12-3-5-13(21-2)6-4-12/h3-9H,10H2,1-2H3. The molecule has 0 aliphatic rings. The minimum Gasteiger partial charge on any atom is -0.497 e. The molecule has 0 radical (unpaired) electrons. The first-order valence-electron chi connectivity index (χ1n) is 6.90. The summed E-state index contributed by atoms with van der Waals surface area (Å²) in [5.41, 5.74) is 1.78. The van der Waals surface area contributed by atoms with Crippen molar-refractivity contribution in [2.75, 3.05) is 7.11 Å². The van der Waals surface area contributed by atoms with Gasteiger partial charge in [0.15, 0.2) is 0 Å². The zero-order chi connectivity index (χ0) is 16.2. The minimum atomic E-state index is -0.383. The molecule has 0 saturated carbocycles. The second-order valence-electron chi connectivity index (χ2n) is 4.86. The Kier molecular flexibility index (Phi) is 4.38. The molecule has 2 heterocycles. The van der Waals surface area contributed by atoms with Crippen molar-refractivity contribution in [3.05, 3.63) is 53.3 Å². The number of rotatable bonds is 5. The second kappa shape index (κ2) is 6.62. The maximum Gasteiger partial charge on any atom is 0.350 e. The van der Waals surface area contributed by atoms with E-state index < -0.39 is 0 Å². The highest BCUT2D eigenvalue weighted by atomic mass is 32.1. The van der Waals surface area contributed by atoms with Gasteiger partial charge in [-0.05, 0) is 24.3 Å². The Hall–Kier alpha value is -2.67. The molecule has 3 rings (SSSR count). The van der Waals surface area contributed by atoms with Gasteiger partial charge in [-0.15, -0.1) is 11.3 Å². The Morgan fingerprint density at radius 1 is 1.26 bits per heavy atom. The van der Waals surface area contributed by atoms with Gasteiger partial charge in [-0.25, -0.2) is 9.78 Å². The normalized spacial score (nSPS) is 10.5. The summed E-state index contributed by atoms with van der Waals surface area (Å²) in [5.74, 6) is 0.396. The highest BCUT2D eigenvalue weighted by Crippen LogP contribution is 2.27. The predicted molar refractivity (Wildman–Crippen MR) is 86.4 cm³/mol. The van der Waals surface area contributed by atoms with Crippen LogP contribution in [0.4, 0.5) is 0 Å². The van der Waals surface area contributed by atoms with Crippen LogP contribution in [0.3, 0.4) is 0 Å². The monoisotopic (exact) mass is 329 g/mol. The van der Waals surface area contributed by atoms with Gasteiger partial charge in [0.05, 0.1) is 19.5 Å². The maximum absolute atomic E-state index is 12.1. The SMILES string of the molecule is COc1ccc(-c2ncc(C(=O)OCc3cnn(C)c3)s2)cc1. The topological polar surface area (TPSA) is 66.2 Å². The van der Waals surface area contributed by atoms with Crippen LogP contribution < -0.4 is 4.74 Å². The first-order chi connectivity index (χ1) is 11.2. The summed E-state index contributed by atoms with van der Waals surface area (Å²) in [4.78, 5) is 16.8. The van der Waals surface area contributed by atoms with E-state index in [0.717, 1.165) is 21.9 Å². The lowest BCUT2D eigenvalue weighted by Gasteiger charge is -2.01. The van der Waals surface area contributed by atoms with E-state index in [0.29, 0.717) is 4.88 Å². The third-order valence-corrected chi connectivity index (χ3v) is 4.20. The number of carbonyl (C=O) groups is 1. The smallest absolute Gasteiger partial charge is 0.350 e. The molecule has 0 unspecified atom stereocenters. The van der Waals surface area contributed by atoms with E-state index in [1.807, 2.05) is 37.5 Å². The second-order valence-corrected chi connectivity index (χ2v) is 5.89. The minimum absolute atomic E-state index is 0.197. The highest BCUT2D eigenvalue weighted by Gasteiger charge is 2.13. The van der Waals surface area contributed by atoms with Crippen molar-refractivity contribution in [3.63, 3.8) is 0 Å². The molecule has 6 nitrogen and oxygen atoms in total. The number of hydrogen-bond acceptors (Lipinski definition) is 6. The number of aromatic nitrogens is 3. The quantitative estimate of drug-likeness (QED) is 0.673. The van der Waals surface area contributed by atoms with Gasteiger partial charge in [-0.3, -0.25) is 4.68 Å². The molecular weight excluding hydrogens is 314 g/mol. The van der Waals surface area contributed by atoms with Gasteiger partial charge < -0.3 is 9.47 Å². The lowest BCUT2D eigenvalue weighted by Crippen LogP contribution is -2.02. The van der Waals surface area contributed by atoms with Crippen molar-refractivity contribution in [2.24, 2.45) is 7.05 Å². The molecule has 118 valence electrons. The van der Waals surface area contributed by atoms with Crippen molar-refractivity contribution in [1.29, 1.82) is 0 Å². The lowest BCUT2D eigenvalue weighted by molar-refractivity contribution is 0.0478. The Balaban J connectivity index is 1.66. The number of nitrogens with zero attached hydrogens (tertiary/aromatic N) is 3. The summed E-state index contributed by atoms with van der Waals surface area (Å²) < 4.78 is 12.1. The fraction of sp³-hybridized carbons (Fsp3) is 0.188. The van der Waals surface area contributed by atoms with Crippen LogP contribution in [0.25, 0.3) is 10.6 Å². The van der Waals surface area contributed by atoms with E-state index in [4.69, 9.17) is 9.47 Å². The number of ether oxygens (including phenoxy) is 2. The van der Waals surface area contributed by atoms with E-state index in [-0.39, 0.29) is 12.6 Å². The van der Waals surface area contributed by atoms with Crippen LogP contribution in [0.5, 0.6) is 5.75 Å². The van der Waals surface area contributed by atoms with Crippen molar-refractivity contribution < 1.29 is 14.3 Å². The van der Waals surface area contributed by atoms with Gasteiger partial charge in [0.1, 0.15) is 22.2 Å². The van der Waals surface area contributed by atoms with E-state index in [1.165, 1.54) is 17.5 Å². The van der Waals surface area contributed by atoms with Gasteiger partial charge in [0.25, 0.3) is 0 Å². The molecule has 2 aromatic heterocycles. The van der Waals surface area contributed by atoms with Crippen molar-refractivity contribution in [2.45, 2.75) is 6.61 Å². The summed E-state index contributed by atoms with van der Waals surface area (Å²) in [6.07, 6.45) is 5.02. The Labute approximate surface area is 137 Å². The van der Waals surface area contributed by atoms with E-state index >= 15 is 0 Å². The predicted octanol–water partition coefficient (Wildman–Crippen LogP) is 2.91. The molecule has 0 atom stereocenters. The largest absolute Gasteiger partial charge is 0.497 e. The van der Waals surface area contributed by atoms with Crippen LogP contribution in [0.2, 0.25) is 0 Å². The molecule has 0 N–H and O–H groups in total. The van der Waals surface area contributed by atoms with E-state index in [1.54, 1.807) is 18.0 Å². The molecule has 0 aliphatic carbocycles. The Morgan fingerprint density at radius 3 is 2.70 bits per heavy atom. The van der Waals surface area contributed by atoms with Gasteiger partial charge in [-0.2, -0.15) is 5.10 Å². The first kappa shape index (κ1) is 15.2. The molecule has 3 aromatic rings. The lowest BCUT2D eigenvalue weighted by atomic mass is 10.2. The Bertz CT molecular complexity index is 808. The summed E-state index contributed by atoms with van der Waals surface area (Å²) >= 11 is 1.30. The number of carbonyl (C=O) groups excluding carboxylic acids is 1. The van der Waals surface area contributed by atoms with Crippen LogP contribution >= 0.6 is 11.3 Å². The van der Waals surface area contributed by atoms with Gasteiger partial charge in [-0.1, -0.05) is 0 Å². The fourth-order valence-corrected chi connectivity index (χ4v) is 2.82. The average Bonchev–Trinajstić information content (AvgIpc) is 3.22. The van der Waals surface area contributed by atoms with Crippen LogP contribution in [0.15, 0.2) is 42.9 Å². The number of thiazole rings is 1. The van der Waals surface area contributed by atoms with Gasteiger partial charge in [0, 0.05) is 24.4 Å². The number of hydrogen-bond donors (Lipinski definition) is 0. The summed E-state index contributed by atoms with van der Waals surface area (Å²) in [6.45, 7) is 0.197. The van der Waals surface area contributed by atoms with Crippen LogP contribution in [-0.4, -0.2) is 27.8 Å². The zero-order valence-corrected chi connectivity index (χ0v) is 13.5. The third kappa shape index (κ3) is 3.57. The molecule has 0 amide bonds. The summed E-state index contributed by atoms with van der Waals surface area (Å²) in [5, 5.41) is 4.80. The van der Waals surface area contributed by atoms with Gasteiger partial charge in [0.2, 0.25) is 0 Å². The number of benzene rings is 1. The number of methoxy groups -OCH3 is 1. The summed E-state index contributed by atoms with van der Waals surface area (Å²) in [7, 11) is 3.43. The molecule has 7 heteroatoms. The molecular formula is C16H15N3O3S. The van der Waals surface area contributed by atoms with E-state index in [9.17, 15) is 4.79 Å². The molecule has 0 saturated heterocycles. The van der Waals surface area contributed by atoms with Gasteiger partial charge >= 0.3 is 5.97 Å². The molecule has 1 aromatic carbocycles. The molecule has 0 aliphatic heterocycles. The van der Waals surface area contributed by atoms with Crippen LogP contribution in [0.1, 0.15) is 15.2 Å². The fourth-order valence-electron chi connectivity index (χ4n) is 2.00. The summed E-state index contributed by atoms with van der Waals surface area (Å²) in [6, 6.07) is 7.53. The molecule has 23 heavy (non-hydrogen) atoms.